The van der Waals surface area contributed by atoms with Crippen molar-refractivity contribution in [2.24, 2.45) is 0 Å². The second kappa shape index (κ2) is 10.6. The molecule has 0 unspecified atom stereocenters. The van der Waals surface area contributed by atoms with Crippen molar-refractivity contribution in [1.29, 1.82) is 5.26 Å². The first-order valence-corrected chi connectivity index (χ1v) is 10.4. The zero-order valence-corrected chi connectivity index (χ0v) is 18.8. The molecule has 4 nitrogen and oxygen atoms in total. The number of nitriles is 1. The minimum atomic E-state index is -0.291. The summed E-state index contributed by atoms with van der Waals surface area (Å²) in [6.07, 6.45) is 1.79. The highest BCUT2D eigenvalue weighted by molar-refractivity contribution is 9.10. The Hall–Kier alpha value is -3.30. The molecule has 31 heavy (non-hydrogen) atoms. The summed E-state index contributed by atoms with van der Waals surface area (Å²) in [5, 5.41) is 9.65. The standard InChI is InChI=1S/C25H21BrFNO3/c1-3-30-24-14-18(12-20(15-28)19-6-10-22(29-2)11-7-19)13-23(26)25(24)31-16-17-4-8-21(27)9-5-17/h4-14H,3,16H2,1-2H3/b20-12+. The molecule has 0 amide bonds. The SMILES string of the molecule is CCOc1cc(/C=C(\C#N)c2ccc(OC)cc2)cc(Br)c1OCc1ccc(F)cc1. The summed E-state index contributed by atoms with van der Waals surface area (Å²) in [6.45, 7) is 2.61. The van der Waals surface area contributed by atoms with Gasteiger partial charge in [0.2, 0.25) is 0 Å². The highest BCUT2D eigenvalue weighted by Gasteiger charge is 2.13. The second-order valence-electron chi connectivity index (χ2n) is 6.58. The number of allylic oxidation sites excluding steroid dienone is 1. The maximum atomic E-state index is 13.1. The second-order valence-corrected chi connectivity index (χ2v) is 7.43. The first-order valence-electron chi connectivity index (χ1n) is 9.63. The molecule has 0 spiro atoms. The van der Waals surface area contributed by atoms with E-state index < -0.39 is 0 Å². The molecular weight excluding hydrogens is 461 g/mol. The summed E-state index contributed by atoms with van der Waals surface area (Å²) >= 11 is 3.55. The Labute approximate surface area is 189 Å². The summed E-state index contributed by atoms with van der Waals surface area (Å²) in [6, 6.07) is 19.4. The lowest BCUT2D eigenvalue weighted by atomic mass is 10.0. The van der Waals surface area contributed by atoms with Crippen molar-refractivity contribution in [2.45, 2.75) is 13.5 Å². The third-order valence-corrected chi connectivity index (χ3v) is 5.05. The number of benzene rings is 3. The lowest BCUT2D eigenvalue weighted by Crippen LogP contribution is -2.01. The first kappa shape index (κ1) is 22.4. The predicted octanol–water partition coefficient (Wildman–Crippen LogP) is 6.64. The molecule has 0 aliphatic heterocycles. The molecule has 3 rings (SSSR count). The molecule has 0 saturated carbocycles. The van der Waals surface area contributed by atoms with E-state index in [9.17, 15) is 9.65 Å². The smallest absolute Gasteiger partial charge is 0.175 e. The number of nitrogens with zero attached hydrogens (tertiary/aromatic N) is 1. The van der Waals surface area contributed by atoms with Gasteiger partial charge in [-0.2, -0.15) is 5.26 Å². The molecule has 0 aromatic heterocycles. The van der Waals surface area contributed by atoms with Crippen LogP contribution in [0.3, 0.4) is 0 Å². The lowest BCUT2D eigenvalue weighted by Gasteiger charge is -2.15. The van der Waals surface area contributed by atoms with Crippen LogP contribution in [0.25, 0.3) is 11.6 Å². The summed E-state index contributed by atoms with van der Waals surface area (Å²) in [4.78, 5) is 0. The number of methoxy groups -OCH3 is 1. The van der Waals surface area contributed by atoms with E-state index >= 15 is 0 Å². The number of rotatable bonds is 8. The fourth-order valence-corrected chi connectivity index (χ4v) is 3.50. The summed E-state index contributed by atoms with van der Waals surface area (Å²) in [7, 11) is 1.60. The van der Waals surface area contributed by atoms with Crippen LogP contribution in [0.15, 0.2) is 65.1 Å². The van der Waals surface area contributed by atoms with Crippen LogP contribution in [0, 0.1) is 17.1 Å². The third-order valence-electron chi connectivity index (χ3n) is 4.46. The molecule has 0 aliphatic carbocycles. The van der Waals surface area contributed by atoms with Gasteiger partial charge in [0, 0.05) is 0 Å². The topological polar surface area (TPSA) is 51.5 Å². The van der Waals surface area contributed by atoms with Crippen LogP contribution in [0.4, 0.5) is 4.39 Å². The third kappa shape index (κ3) is 5.87. The Morgan fingerprint density at radius 3 is 2.39 bits per heavy atom. The molecule has 0 bridgehead atoms. The van der Waals surface area contributed by atoms with Crippen LogP contribution >= 0.6 is 15.9 Å². The van der Waals surface area contributed by atoms with Gasteiger partial charge in [-0.15, -0.1) is 0 Å². The van der Waals surface area contributed by atoms with Gasteiger partial charge >= 0.3 is 0 Å². The largest absolute Gasteiger partial charge is 0.497 e. The van der Waals surface area contributed by atoms with Crippen molar-refractivity contribution in [2.75, 3.05) is 13.7 Å². The molecule has 0 heterocycles. The average Bonchev–Trinajstić information content (AvgIpc) is 2.78. The fraction of sp³-hybridized carbons (Fsp3) is 0.160. The molecule has 6 heteroatoms. The van der Waals surface area contributed by atoms with Crippen LogP contribution in [-0.2, 0) is 6.61 Å². The Morgan fingerprint density at radius 2 is 1.77 bits per heavy atom. The van der Waals surface area contributed by atoms with Crippen molar-refractivity contribution >= 4 is 27.6 Å². The monoisotopic (exact) mass is 481 g/mol. The molecule has 0 atom stereocenters. The molecule has 0 saturated heterocycles. The molecule has 3 aromatic rings. The molecule has 0 fully saturated rings. The summed E-state index contributed by atoms with van der Waals surface area (Å²) in [5.41, 5.74) is 2.92. The molecule has 0 N–H and O–H groups in total. The van der Waals surface area contributed by atoms with Crippen LogP contribution in [0.1, 0.15) is 23.6 Å². The van der Waals surface area contributed by atoms with E-state index in [0.29, 0.717) is 28.2 Å². The maximum Gasteiger partial charge on any atom is 0.175 e. The van der Waals surface area contributed by atoms with Gasteiger partial charge in [-0.25, -0.2) is 4.39 Å². The van der Waals surface area contributed by atoms with Gasteiger partial charge < -0.3 is 14.2 Å². The zero-order valence-electron chi connectivity index (χ0n) is 17.2. The van der Waals surface area contributed by atoms with Crippen molar-refractivity contribution < 1.29 is 18.6 Å². The highest BCUT2D eigenvalue weighted by atomic mass is 79.9. The molecule has 158 valence electrons. The summed E-state index contributed by atoms with van der Waals surface area (Å²) < 4.78 is 30.7. The van der Waals surface area contributed by atoms with Gasteiger partial charge in [-0.05, 0) is 94.2 Å². The van der Waals surface area contributed by atoms with Crippen molar-refractivity contribution in [1.82, 2.24) is 0 Å². The van der Waals surface area contributed by atoms with Gasteiger partial charge in [0.15, 0.2) is 11.5 Å². The van der Waals surface area contributed by atoms with E-state index in [1.54, 1.807) is 25.3 Å². The van der Waals surface area contributed by atoms with E-state index in [0.717, 1.165) is 22.4 Å². The lowest BCUT2D eigenvalue weighted by molar-refractivity contribution is 0.267. The van der Waals surface area contributed by atoms with E-state index in [4.69, 9.17) is 14.2 Å². The van der Waals surface area contributed by atoms with Crippen LogP contribution in [0.5, 0.6) is 17.2 Å². The average molecular weight is 482 g/mol. The van der Waals surface area contributed by atoms with Crippen molar-refractivity contribution in [3.8, 4) is 23.3 Å². The van der Waals surface area contributed by atoms with E-state index in [-0.39, 0.29) is 12.4 Å². The number of hydrogen-bond donors (Lipinski definition) is 0. The predicted molar refractivity (Wildman–Crippen MR) is 123 cm³/mol. The maximum absolute atomic E-state index is 13.1. The zero-order chi connectivity index (χ0) is 22.2. The molecule has 3 aromatic carbocycles. The van der Waals surface area contributed by atoms with Crippen LogP contribution in [-0.4, -0.2) is 13.7 Å². The van der Waals surface area contributed by atoms with Gasteiger partial charge in [-0.1, -0.05) is 12.1 Å². The Kier molecular flexibility index (Phi) is 7.69. The Morgan fingerprint density at radius 1 is 1.06 bits per heavy atom. The number of halogens is 2. The molecular formula is C25H21BrFNO3. The van der Waals surface area contributed by atoms with E-state index in [1.807, 2.05) is 43.3 Å². The molecule has 0 aliphatic rings. The first-order chi connectivity index (χ1) is 15.0. The van der Waals surface area contributed by atoms with Crippen LogP contribution < -0.4 is 14.2 Å². The van der Waals surface area contributed by atoms with Crippen molar-refractivity contribution in [3.63, 3.8) is 0 Å². The number of hydrogen-bond acceptors (Lipinski definition) is 4. The van der Waals surface area contributed by atoms with E-state index in [2.05, 4.69) is 22.0 Å². The highest BCUT2D eigenvalue weighted by Crippen LogP contribution is 2.38. The number of ether oxygens (including phenoxy) is 3. The Bertz CT molecular complexity index is 1100. The van der Waals surface area contributed by atoms with Crippen molar-refractivity contribution in [3.05, 3.63) is 87.6 Å². The summed E-state index contributed by atoms with van der Waals surface area (Å²) in [5.74, 6) is 1.54. The van der Waals surface area contributed by atoms with Crippen LogP contribution in [0.2, 0.25) is 0 Å². The minimum Gasteiger partial charge on any atom is -0.497 e. The normalized spacial score (nSPS) is 11.0. The van der Waals surface area contributed by atoms with Gasteiger partial charge in [0.05, 0.1) is 29.8 Å². The van der Waals surface area contributed by atoms with Gasteiger partial charge in [0.25, 0.3) is 0 Å². The Balaban J connectivity index is 1.89. The molecule has 0 radical (unpaired) electrons. The minimum absolute atomic E-state index is 0.267. The van der Waals surface area contributed by atoms with E-state index in [1.165, 1.54) is 12.1 Å². The van der Waals surface area contributed by atoms with Gasteiger partial charge in [-0.3, -0.25) is 0 Å². The van der Waals surface area contributed by atoms with Gasteiger partial charge in [0.1, 0.15) is 18.2 Å². The quantitative estimate of drug-likeness (QED) is 0.267. The fourth-order valence-electron chi connectivity index (χ4n) is 2.93.